The largest absolute Gasteiger partial charge is 0.223 e. The third-order valence-electron chi connectivity index (χ3n) is 3.74. The summed E-state index contributed by atoms with van der Waals surface area (Å²) in [5, 5.41) is -0.166. The molecule has 2 rings (SSSR count). The molecule has 100 valence electrons. The highest BCUT2D eigenvalue weighted by Gasteiger charge is 2.33. The Kier molecular flexibility index (Phi) is 3.54. The Labute approximate surface area is 110 Å². The molecule has 0 aliphatic heterocycles. The molecule has 1 aliphatic carbocycles. The highest BCUT2D eigenvalue weighted by atomic mass is 32.2. The molecule has 1 aliphatic rings. The van der Waals surface area contributed by atoms with E-state index in [1.54, 1.807) is 6.07 Å². The van der Waals surface area contributed by atoms with Crippen molar-refractivity contribution in [1.29, 1.82) is 0 Å². The lowest BCUT2D eigenvalue weighted by atomic mass is 9.87. The minimum absolute atomic E-state index is 0.137. The molecule has 0 saturated heterocycles. The van der Waals surface area contributed by atoms with Crippen molar-refractivity contribution >= 4 is 9.84 Å². The third-order valence-corrected chi connectivity index (χ3v) is 6.06. The van der Waals surface area contributed by atoms with E-state index < -0.39 is 9.84 Å². The molecule has 1 fully saturated rings. The molecule has 0 N–H and O–H groups in total. The first kappa shape index (κ1) is 13.6. The molecule has 2 nitrogen and oxygen atoms in total. The fourth-order valence-electron chi connectivity index (χ4n) is 2.71. The average molecular weight is 266 g/mol. The van der Waals surface area contributed by atoms with Crippen LogP contribution in [0.3, 0.4) is 0 Å². The first-order valence-corrected chi connectivity index (χ1v) is 8.21. The maximum absolute atomic E-state index is 12.7. The van der Waals surface area contributed by atoms with Gasteiger partial charge in [0, 0.05) is 0 Å². The number of rotatable bonds is 2. The van der Waals surface area contributed by atoms with E-state index in [4.69, 9.17) is 0 Å². The minimum Gasteiger partial charge on any atom is -0.223 e. The summed E-state index contributed by atoms with van der Waals surface area (Å²) in [5.41, 5.74) is 0.805. The molecule has 0 bridgehead atoms. The number of sulfone groups is 1. The molecule has 1 saturated carbocycles. The van der Waals surface area contributed by atoms with Crippen LogP contribution in [0.5, 0.6) is 0 Å². The van der Waals surface area contributed by atoms with Gasteiger partial charge in [-0.15, -0.1) is 0 Å². The van der Waals surface area contributed by atoms with Crippen LogP contribution in [-0.4, -0.2) is 13.7 Å². The summed E-state index contributed by atoms with van der Waals surface area (Å²) in [5.74, 6) is 0. The molecular formula is C15H22O2S. The number of benzene rings is 1. The standard InChI is InChI=1S/C15H22O2S/c1-15(2,3)13-10-6-7-11-14(13)18(16,17)12-8-4-5-9-12/h6-7,10-12H,4-5,8-9H2,1-3H3. The fraction of sp³-hybridized carbons (Fsp3) is 0.600. The maximum Gasteiger partial charge on any atom is 0.181 e. The Hall–Kier alpha value is -0.830. The molecular weight excluding hydrogens is 244 g/mol. The second kappa shape index (κ2) is 4.69. The Balaban J connectivity index is 2.51. The van der Waals surface area contributed by atoms with Crippen molar-refractivity contribution in [2.45, 2.75) is 62.0 Å². The maximum atomic E-state index is 12.7. The van der Waals surface area contributed by atoms with Crippen molar-refractivity contribution < 1.29 is 8.42 Å². The topological polar surface area (TPSA) is 34.1 Å². The molecule has 0 unspecified atom stereocenters. The molecule has 3 heteroatoms. The van der Waals surface area contributed by atoms with Gasteiger partial charge in [0.2, 0.25) is 0 Å². The second-order valence-electron chi connectivity index (χ2n) is 6.20. The Morgan fingerprint density at radius 3 is 2.17 bits per heavy atom. The summed E-state index contributed by atoms with van der Waals surface area (Å²) in [7, 11) is -3.15. The number of hydrogen-bond acceptors (Lipinski definition) is 2. The van der Waals surface area contributed by atoms with Gasteiger partial charge in [0.25, 0.3) is 0 Å². The predicted octanol–water partition coefficient (Wildman–Crippen LogP) is 3.70. The van der Waals surface area contributed by atoms with E-state index in [0.717, 1.165) is 31.2 Å². The molecule has 0 spiro atoms. The quantitative estimate of drug-likeness (QED) is 0.818. The zero-order chi connectivity index (χ0) is 13.4. The van der Waals surface area contributed by atoms with E-state index in [1.165, 1.54) is 0 Å². The monoisotopic (exact) mass is 266 g/mol. The van der Waals surface area contributed by atoms with Gasteiger partial charge >= 0.3 is 0 Å². The number of hydrogen-bond donors (Lipinski definition) is 0. The van der Waals surface area contributed by atoms with Crippen LogP contribution in [0.1, 0.15) is 52.0 Å². The van der Waals surface area contributed by atoms with Gasteiger partial charge in [0.05, 0.1) is 10.1 Å². The van der Waals surface area contributed by atoms with Gasteiger partial charge in [-0.3, -0.25) is 0 Å². The zero-order valence-electron chi connectivity index (χ0n) is 11.4. The molecule has 0 radical (unpaired) electrons. The summed E-state index contributed by atoms with van der Waals surface area (Å²) in [6.07, 6.45) is 3.73. The molecule has 0 aromatic heterocycles. The van der Waals surface area contributed by atoms with E-state index in [-0.39, 0.29) is 10.7 Å². The molecule has 0 heterocycles. The lowest BCUT2D eigenvalue weighted by molar-refractivity contribution is 0.554. The minimum atomic E-state index is -3.15. The molecule has 1 aromatic rings. The summed E-state index contributed by atoms with van der Waals surface area (Å²) in [6.45, 7) is 6.20. The molecule has 18 heavy (non-hydrogen) atoms. The summed E-state index contributed by atoms with van der Waals surface area (Å²) < 4.78 is 25.4. The van der Waals surface area contributed by atoms with Gasteiger partial charge in [-0.25, -0.2) is 8.42 Å². The van der Waals surface area contributed by atoms with Crippen molar-refractivity contribution in [3.63, 3.8) is 0 Å². The Morgan fingerprint density at radius 1 is 1.06 bits per heavy atom. The summed E-state index contributed by atoms with van der Waals surface area (Å²) >= 11 is 0. The first-order chi connectivity index (χ1) is 8.33. The Morgan fingerprint density at radius 2 is 1.61 bits per heavy atom. The van der Waals surface area contributed by atoms with Crippen LogP contribution in [0.25, 0.3) is 0 Å². The van der Waals surface area contributed by atoms with Crippen molar-refractivity contribution in [2.24, 2.45) is 0 Å². The van der Waals surface area contributed by atoms with Gasteiger partial charge < -0.3 is 0 Å². The third kappa shape index (κ3) is 2.46. The normalized spacial score (nSPS) is 18.2. The highest BCUT2D eigenvalue weighted by Crippen LogP contribution is 2.35. The predicted molar refractivity (Wildman–Crippen MR) is 74.6 cm³/mol. The van der Waals surface area contributed by atoms with Gasteiger partial charge in [-0.05, 0) is 29.9 Å². The molecule has 0 atom stereocenters. The lowest BCUT2D eigenvalue weighted by Gasteiger charge is -2.24. The van der Waals surface area contributed by atoms with Crippen LogP contribution < -0.4 is 0 Å². The van der Waals surface area contributed by atoms with Crippen LogP contribution in [0.15, 0.2) is 29.2 Å². The van der Waals surface area contributed by atoms with Crippen LogP contribution >= 0.6 is 0 Å². The first-order valence-electron chi connectivity index (χ1n) is 6.67. The Bertz CT molecular complexity index is 518. The SMILES string of the molecule is CC(C)(C)c1ccccc1S(=O)(=O)C1CCCC1. The van der Waals surface area contributed by atoms with Crippen molar-refractivity contribution in [3.05, 3.63) is 29.8 Å². The zero-order valence-corrected chi connectivity index (χ0v) is 12.3. The van der Waals surface area contributed by atoms with Gasteiger partial charge in [0.1, 0.15) is 0 Å². The average Bonchev–Trinajstić information content (AvgIpc) is 2.82. The van der Waals surface area contributed by atoms with Crippen molar-refractivity contribution in [1.82, 2.24) is 0 Å². The molecule has 1 aromatic carbocycles. The highest BCUT2D eigenvalue weighted by molar-refractivity contribution is 7.92. The van der Waals surface area contributed by atoms with Gasteiger partial charge in [0.15, 0.2) is 9.84 Å². The van der Waals surface area contributed by atoms with Gasteiger partial charge in [-0.1, -0.05) is 51.8 Å². The van der Waals surface area contributed by atoms with E-state index in [0.29, 0.717) is 4.90 Å². The van der Waals surface area contributed by atoms with E-state index in [9.17, 15) is 8.42 Å². The van der Waals surface area contributed by atoms with Crippen LogP contribution in [0, 0.1) is 0 Å². The van der Waals surface area contributed by atoms with Crippen LogP contribution in [-0.2, 0) is 15.3 Å². The lowest BCUT2D eigenvalue weighted by Crippen LogP contribution is -2.23. The second-order valence-corrected chi connectivity index (χ2v) is 8.39. The van der Waals surface area contributed by atoms with E-state index in [1.807, 2.05) is 18.2 Å². The van der Waals surface area contributed by atoms with Crippen LogP contribution in [0.2, 0.25) is 0 Å². The van der Waals surface area contributed by atoms with Crippen molar-refractivity contribution in [2.75, 3.05) is 0 Å². The van der Waals surface area contributed by atoms with Gasteiger partial charge in [-0.2, -0.15) is 0 Å². The fourth-order valence-corrected chi connectivity index (χ4v) is 4.97. The van der Waals surface area contributed by atoms with E-state index >= 15 is 0 Å². The summed E-state index contributed by atoms with van der Waals surface area (Å²) in [4.78, 5) is 0.546. The van der Waals surface area contributed by atoms with E-state index in [2.05, 4.69) is 20.8 Å². The van der Waals surface area contributed by atoms with Crippen molar-refractivity contribution in [3.8, 4) is 0 Å². The smallest absolute Gasteiger partial charge is 0.181 e. The summed E-state index contributed by atoms with van der Waals surface area (Å²) in [6, 6.07) is 7.47. The van der Waals surface area contributed by atoms with Crippen LogP contribution in [0.4, 0.5) is 0 Å². The molecule has 0 amide bonds.